The lowest BCUT2D eigenvalue weighted by atomic mass is 10.5. The number of esters is 1. The predicted molar refractivity (Wildman–Crippen MR) is 77.9 cm³/mol. The molecule has 0 atom stereocenters. The summed E-state index contributed by atoms with van der Waals surface area (Å²) in [5.74, 6) is -1.41. The molecule has 2 rings (SSSR count). The van der Waals surface area contributed by atoms with Gasteiger partial charge in [0, 0.05) is 0 Å². The lowest BCUT2D eigenvalue weighted by Gasteiger charge is -1.92. The zero-order valence-corrected chi connectivity index (χ0v) is 14.1. The Labute approximate surface area is 132 Å². The van der Waals surface area contributed by atoms with E-state index >= 15 is 0 Å². The van der Waals surface area contributed by atoms with Gasteiger partial charge in [0.2, 0.25) is 0 Å². The molecule has 0 aliphatic rings. The number of carboxylic acid groups (broad SMARTS) is 1. The summed E-state index contributed by atoms with van der Waals surface area (Å²) in [7, 11) is 1.33. The molecular weight excluding hydrogens is 424 g/mol. The van der Waals surface area contributed by atoms with Crippen LogP contribution in [0.3, 0.4) is 0 Å². The lowest BCUT2D eigenvalue weighted by molar-refractivity contribution is 0.0593. The van der Waals surface area contributed by atoms with Gasteiger partial charge in [-0.15, -0.1) is 22.7 Å². The van der Waals surface area contributed by atoms with E-state index < -0.39 is 11.9 Å². The highest BCUT2D eigenvalue weighted by molar-refractivity contribution is 9.11. The van der Waals surface area contributed by atoms with Crippen molar-refractivity contribution in [1.29, 1.82) is 0 Å². The van der Waals surface area contributed by atoms with Gasteiger partial charge < -0.3 is 9.84 Å². The average Bonchev–Trinajstić information content (AvgIpc) is 2.97. The Morgan fingerprint density at radius 2 is 1.63 bits per heavy atom. The van der Waals surface area contributed by atoms with Crippen molar-refractivity contribution in [3.63, 3.8) is 0 Å². The molecule has 1 N–H and O–H groups in total. The van der Waals surface area contributed by atoms with Crippen LogP contribution in [0.25, 0.3) is 0 Å². The highest BCUT2D eigenvalue weighted by atomic mass is 79.9. The second-order valence-corrected chi connectivity index (χ2v) is 7.09. The van der Waals surface area contributed by atoms with E-state index in [-0.39, 0.29) is 5.69 Å². The first kappa shape index (κ1) is 16.2. The van der Waals surface area contributed by atoms with Gasteiger partial charge in [-0.2, -0.15) is 0 Å². The van der Waals surface area contributed by atoms with Crippen molar-refractivity contribution < 1.29 is 19.4 Å². The van der Waals surface area contributed by atoms with Crippen LogP contribution in [0.5, 0.6) is 0 Å². The third-order valence-electron chi connectivity index (χ3n) is 1.63. The van der Waals surface area contributed by atoms with Crippen LogP contribution in [0, 0.1) is 0 Å². The fraction of sp³-hybridized carbons (Fsp3) is 0.111. The van der Waals surface area contributed by atoms with Crippen molar-refractivity contribution in [2.24, 2.45) is 0 Å². The summed E-state index contributed by atoms with van der Waals surface area (Å²) < 4.78 is 5.72. The van der Waals surface area contributed by atoms with E-state index in [4.69, 9.17) is 5.11 Å². The number of thiazole rings is 2. The van der Waals surface area contributed by atoms with Gasteiger partial charge in [0.25, 0.3) is 0 Å². The molecule has 2 aromatic heterocycles. The summed E-state index contributed by atoms with van der Waals surface area (Å²) in [5, 5.41) is 8.37. The number of hydrogen-bond donors (Lipinski definition) is 1. The van der Waals surface area contributed by atoms with Crippen LogP contribution in [0.4, 0.5) is 0 Å². The molecule has 0 unspecified atom stereocenters. The largest absolute Gasteiger partial charge is 0.476 e. The maximum atomic E-state index is 10.8. The number of aromatic carboxylic acids is 1. The van der Waals surface area contributed by atoms with Gasteiger partial charge in [-0.05, 0) is 31.9 Å². The second kappa shape index (κ2) is 7.68. The second-order valence-electron chi connectivity index (χ2n) is 2.75. The minimum Gasteiger partial charge on any atom is -0.476 e. The number of aromatic nitrogens is 2. The Kier molecular flexibility index (Phi) is 6.55. The van der Waals surface area contributed by atoms with Gasteiger partial charge in [0.1, 0.15) is 7.57 Å². The van der Waals surface area contributed by atoms with Gasteiger partial charge in [0.15, 0.2) is 11.4 Å². The highest BCUT2D eigenvalue weighted by Gasteiger charge is 2.12. The molecule has 0 fully saturated rings. The third kappa shape index (κ3) is 4.64. The average molecular weight is 430 g/mol. The van der Waals surface area contributed by atoms with Crippen LogP contribution < -0.4 is 0 Å². The smallest absolute Gasteiger partial charge is 0.358 e. The first-order valence-corrected chi connectivity index (χ1v) is 7.81. The number of halogens is 2. The minimum absolute atomic E-state index is 0.0833. The number of hydrogen-bond acceptors (Lipinski definition) is 7. The molecular formula is C9H6Br2N2O4S2. The molecule has 2 heterocycles. The third-order valence-corrected chi connectivity index (χ3v) is 4.72. The van der Waals surface area contributed by atoms with E-state index in [0.29, 0.717) is 13.3 Å². The van der Waals surface area contributed by atoms with Crippen LogP contribution >= 0.6 is 54.5 Å². The standard InChI is InChI=1S/C5H4BrNO2S.C4H2BrNO2S/c1-9-5(8)3-4(6)10-2-7-3;5-3-2(4(7)8)6-1-9-3/h2H,1H3;1H,(H,7,8). The predicted octanol–water partition coefficient (Wildman–Crippen LogP) is 3.30. The molecule has 10 heteroatoms. The first-order chi connectivity index (χ1) is 8.97. The maximum Gasteiger partial charge on any atom is 0.358 e. The zero-order valence-electron chi connectivity index (χ0n) is 9.29. The van der Waals surface area contributed by atoms with Crippen molar-refractivity contribution >= 4 is 66.5 Å². The first-order valence-electron chi connectivity index (χ1n) is 4.47. The Morgan fingerprint density at radius 1 is 1.16 bits per heavy atom. The van der Waals surface area contributed by atoms with Crippen LogP contribution in [0.1, 0.15) is 21.0 Å². The van der Waals surface area contributed by atoms with Crippen LogP contribution in [-0.4, -0.2) is 34.1 Å². The van der Waals surface area contributed by atoms with Gasteiger partial charge in [-0.1, -0.05) is 0 Å². The Bertz CT molecular complexity index is 584. The SMILES string of the molecule is COC(=O)c1ncsc1Br.O=C(O)c1ncsc1Br. The van der Waals surface area contributed by atoms with E-state index in [1.807, 2.05) is 0 Å². The Balaban J connectivity index is 0.000000191. The number of carbonyl (C=O) groups is 2. The molecule has 0 aliphatic carbocycles. The molecule has 102 valence electrons. The van der Waals surface area contributed by atoms with Gasteiger partial charge in [0.05, 0.1) is 18.1 Å². The molecule has 0 spiro atoms. The van der Waals surface area contributed by atoms with Gasteiger partial charge in [-0.25, -0.2) is 19.6 Å². The van der Waals surface area contributed by atoms with E-state index in [1.54, 1.807) is 5.51 Å². The highest BCUT2D eigenvalue weighted by Crippen LogP contribution is 2.21. The molecule has 0 bridgehead atoms. The topological polar surface area (TPSA) is 89.4 Å². The Morgan fingerprint density at radius 3 is 1.89 bits per heavy atom. The van der Waals surface area contributed by atoms with Crippen molar-refractivity contribution in [3.05, 3.63) is 30.0 Å². The molecule has 19 heavy (non-hydrogen) atoms. The number of carboxylic acids is 1. The number of ether oxygens (including phenoxy) is 1. The van der Waals surface area contributed by atoms with E-state index in [2.05, 4.69) is 46.6 Å². The number of nitrogens with zero attached hydrogens (tertiary/aromatic N) is 2. The number of carbonyl (C=O) groups excluding carboxylic acids is 1. The lowest BCUT2D eigenvalue weighted by Crippen LogP contribution is -2.01. The molecule has 0 saturated heterocycles. The maximum absolute atomic E-state index is 10.8. The van der Waals surface area contributed by atoms with E-state index in [1.165, 1.54) is 35.3 Å². The summed E-state index contributed by atoms with van der Waals surface area (Å²) in [6, 6.07) is 0. The van der Waals surface area contributed by atoms with Crippen LogP contribution in [0.2, 0.25) is 0 Å². The molecule has 2 aromatic rings. The molecule has 0 amide bonds. The molecule has 0 radical (unpaired) electrons. The minimum atomic E-state index is -0.997. The van der Waals surface area contributed by atoms with Gasteiger partial charge >= 0.3 is 11.9 Å². The molecule has 0 aliphatic heterocycles. The summed E-state index contributed by atoms with van der Waals surface area (Å²) in [6.45, 7) is 0. The fourth-order valence-corrected chi connectivity index (χ4v) is 2.87. The van der Waals surface area contributed by atoms with Crippen molar-refractivity contribution in [2.45, 2.75) is 0 Å². The summed E-state index contributed by atoms with van der Waals surface area (Å²) in [5.41, 5.74) is 3.48. The summed E-state index contributed by atoms with van der Waals surface area (Å²) in [6.07, 6.45) is 0. The number of rotatable bonds is 2. The number of methoxy groups -OCH3 is 1. The van der Waals surface area contributed by atoms with Crippen molar-refractivity contribution in [3.8, 4) is 0 Å². The molecule has 6 nitrogen and oxygen atoms in total. The Hall–Kier alpha value is -0.840. The fourth-order valence-electron chi connectivity index (χ4n) is 0.833. The quantitative estimate of drug-likeness (QED) is 0.736. The van der Waals surface area contributed by atoms with Crippen LogP contribution in [-0.2, 0) is 4.74 Å². The molecule has 0 saturated carbocycles. The van der Waals surface area contributed by atoms with Crippen LogP contribution in [0.15, 0.2) is 18.6 Å². The summed E-state index contributed by atoms with van der Waals surface area (Å²) in [4.78, 5) is 28.4. The normalized spacial score (nSPS) is 9.42. The monoisotopic (exact) mass is 428 g/mol. The van der Waals surface area contributed by atoms with E-state index in [9.17, 15) is 9.59 Å². The molecule has 0 aromatic carbocycles. The van der Waals surface area contributed by atoms with Crippen molar-refractivity contribution in [2.75, 3.05) is 7.11 Å². The zero-order chi connectivity index (χ0) is 14.4. The van der Waals surface area contributed by atoms with Gasteiger partial charge in [-0.3, -0.25) is 0 Å². The van der Waals surface area contributed by atoms with E-state index in [0.717, 1.165) is 0 Å². The van der Waals surface area contributed by atoms with Crippen molar-refractivity contribution in [1.82, 2.24) is 9.97 Å². The summed E-state index contributed by atoms with van der Waals surface area (Å²) >= 11 is 8.82.